The van der Waals surface area contributed by atoms with Gasteiger partial charge < -0.3 is 14.0 Å². The van der Waals surface area contributed by atoms with Gasteiger partial charge in [-0.15, -0.1) is 0 Å². The first-order valence-electron chi connectivity index (χ1n) is 8.85. The molecule has 0 saturated carbocycles. The zero-order chi connectivity index (χ0) is 18.6. The van der Waals surface area contributed by atoms with E-state index in [0.29, 0.717) is 13.2 Å². The number of methoxy groups -OCH3 is 2. The molecule has 136 valence electrons. The van der Waals surface area contributed by atoms with Crippen molar-refractivity contribution < 1.29 is 9.47 Å². The Hall–Kier alpha value is -3.18. The Morgan fingerprint density at radius 3 is 2.48 bits per heavy atom. The highest BCUT2D eigenvalue weighted by molar-refractivity contribution is 5.82. The second-order valence-corrected chi connectivity index (χ2v) is 6.24. The van der Waals surface area contributed by atoms with Crippen LogP contribution in [0.2, 0.25) is 0 Å². The molecule has 0 unspecified atom stereocenters. The summed E-state index contributed by atoms with van der Waals surface area (Å²) >= 11 is 0. The Morgan fingerprint density at radius 1 is 0.889 bits per heavy atom. The first-order chi connectivity index (χ1) is 13.3. The fourth-order valence-corrected chi connectivity index (χ4v) is 3.19. The molecule has 4 aromatic rings. The molecule has 0 fully saturated rings. The zero-order valence-electron chi connectivity index (χ0n) is 15.4. The van der Waals surface area contributed by atoms with Gasteiger partial charge in [0.05, 0.1) is 19.2 Å². The molecular weight excluding hydrogens is 338 g/mol. The number of fused-ring (bicyclic) bond motifs is 1. The molecule has 0 bridgehead atoms. The molecule has 0 aliphatic heterocycles. The van der Waals surface area contributed by atoms with Gasteiger partial charge >= 0.3 is 0 Å². The molecule has 0 atom stereocenters. The number of benzene rings is 2. The molecule has 2 aromatic carbocycles. The van der Waals surface area contributed by atoms with Crippen LogP contribution >= 0.6 is 0 Å². The van der Waals surface area contributed by atoms with E-state index < -0.39 is 0 Å². The predicted octanol–water partition coefficient (Wildman–Crippen LogP) is 4.42. The number of pyridine rings is 1. The van der Waals surface area contributed by atoms with E-state index in [1.165, 1.54) is 0 Å². The Labute approximate surface area is 158 Å². The molecule has 0 saturated heterocycles. The van der Waals surface area contributed by atoms with Crippen LogP contribution in [-0.2, 0) is 11.3 Å². The van der Waals surface area contributed by atoms with Crippen LogP contribution in [0.5, 0.6) is 5.75 Å². The third kappa shape index (κ3) is 3.41. The average Bonchev–Trinajstić information content (AvgIpc) is 3.10. The molecule has 27 heavy (non-hydrogen) atoms. The van der Waals surface area contributed by atoms with Crippen LogP contribution in [0.1, 0.15) is 0 Å². The van der Waals surface area contributed by atoms with Crippen molar-refractivity contribution in [2.24, 2.45) is 0 Å². The number of hydrogen-bond acceptors (Lipinski definition) is 4. The number of aromatic nitrogens is 3. The van der Waals surface area contributed by atoms with E-state index in [2.05, 4.69) is 27.8 Å². The van der Waals surface area contributed by atoms with E-state index in [1.807, 2.05) is 48.7 Å². The Balaban J connectivity index is 1.88. The monoisotopic (exact) mass is 359 g/mol. The molecule has 4 rings (SSSR count). The maximum absolute atomic E-state index is 5.37. The first-order valence-corrected chi connectivity index (χ1v) is 8.85. The van der Waals surface area contributed by atoms with Gasteiger partial charge in [0, 0.05) is 31.0 Å². The van der Waals surface area contributed by atoms with Gasteiger partial charge in [-0.1, -0.05) is 42.5 Å². The number of rotatable bonds is 6. The Bertz CT molecular complexity index is 1060. The average molecular weight is 359 g/mol. The van der Waals surface area contributed by atoms with E-state index in [0.717, 1.165) is 39.4 Å². The maximum Gasteiger partial charge on any atom is 0.178 e. The van der Waals surface area contributed by atoms with Crippen LogP contribution in [0.4, 0.5) is 0 Å². The third-order valence-electron chi connectivity index (χ3n) is 4.56. The first kappa shape index (κ1) is 17.2. The summed E-state index contributed by atoms with van der Waals surface area (Å²) < 4.78 is 12.9. The minimum absolute atomic E-state index is 0.595. The summed E-state index contributed by atoms with van der Waals surface area (Å²) in [7, 11) is 3.37. The van der Waals surface area contributed by atoms with Crippen molar-refractivity contribution in [3.8, 4) is 28.3 Å². The second-order valence-electron chi connectivity index (χ2n) is 6.24. The van der Waals surface area contributed by atoms with Crippen LogP contribution < -0.4 is 4.74 Å². The highest BCUT2D eigenvalue weighted by Crippen LogP contribution is 2.29. The fourth-order valence-electron chi connectivity index (χ4n) is 3.19. The van der Waals surface area contributed by atoms with Crippen molar-refractivity contribution in [3.63, 3.8) is 0 Å². The fraction of sp³-hybridized carbons (Fsp3) is 0.182. The summed E-state index contributed by atoms with van der Waals surface area (Å²) in [5.74, 6) is 1.66. The molecule has 0 aliphatic carbocycles. The largest absolute Gasteiger partial charge is 0.497 e. The van der Waals surface area contributed by atoms with Gasteiger partial charge in [0.25, 0.3) is 0 Å². The SMILES string of the molecule is COCCn1c(-c2cccc(OC)c2)nc2ncc(-c3ccccc3)cc21. The molecule has 0 spiro atoms. The number of imidazole rings is 1. The highest BCUT2D eigenvalue weighted by Gasteiger charge is 2.15. The van der Waals surface area contributed by atoms with Gasteiger partial charge in [0.1, 0.15) is 11.6 Å². The van der Waals surface area contributed by atoms with E-state index in [-0.39, 0.29) is 0 Å². The van der Waals surface area contributed by atoms with Gasteiger partial charge in [0.2, 0.25) is 0 Å². The lowest BCUT2D eigenvalue weighted by Crippen LogP contribution is -2.06. The number of hydrogen-bond donors (Lipinski definition) is 0. The van der Waals surface area contributed by atoms with E-state index >= 15 is 0 Å². The van der Waals surface area contributed by atoms with Crippen molar-refractivity contribution in [2.75, 3.05) is 20.8 Å². The van der Waals surface area contributed by atoms with Crippen molar-refractivity contribution in [1.82, 2.24) is 14.5 Å². The summed E-state index contributed by atoms with van der Waals surface area (Å²) in [6.45, 7) is 1.29. The van der Waals surface area contributed by atoms with Crippen LogP contribution in [0, 0.1) is 0 Å². The van der Waals surface area contributed by atoms with Crippen LogP contribution in [-0.4, -0.2) is 35.4 Å². The zero-order valence-corrected chi connectivity index (χ0v) is 15.4. The minimum atomic E-state index is 0.595. The molecule has 0 radical (unpaired) electrons. The number of ether oxygens (including phenoxy) is 2. The van der Waals surface area contributed by atoms with Crippen molar-refractivity contribution >= 4 is 11.2 Å². The summed E-state index contributed by atoms with van der Waals surface area (Å²) in [5, 5.41) is 0. The second kappa shape index (κ2) is 7.60. The van der Waals surface area contributed by atoms with Crippen LogP contribution in [0.3, 0.4) is 0 Å². The third-order valence-corrected chi connectivity index (χ3v) is 4.56. The molecule has 2 heterocycles. The molecule has 2 aromatic heterocycles. The van der Waals surface area contributed by atoms with E-state index in [1.54, 1.807) is 14.2 Å². The van der Waals surface area contributed by atoms with Crippen molar-refractivity contribution in [2.45, 2.75) is 6.54 Å². The van der Waals surface area contributed by atoms with Gasteiger partial charge in [-0.2, -0.15) is 0 Å². The topological polar surface area (TPSA) is 49.2 Å². The van der Waals surface area contributed by atoms with E-state index in [9.17, 15) is 0 Å². The van der Waals surface area contributed by atoms with Crippen molar-refractivity contribution in [1.29, 1.82) is 0 Å². The maximum atomic E-state index is 5.37. The van der Waals surface area contributed by atoms with Gasteiger partial charge in [-0.3, -0.25) is 0 Å². The summed E-state index contributed by atoms with van der Waals surface area (Å²) in [6.07, 6.45) is 1.88. The molecule has 0 amide bonds. The quantitative estimate of drug-likeness (QED) is 0.511. The van der Waals surface area contributed by atoms with E-state index in [4.69, 9.17) is 14.5 Å². The lowest BCUT2D eigenvalue weighted by molar-refractivity contribution is 0.188. The van der Waals surface area contributed by atoms with Crippen LogP contribution in [0.15, 0.2) is 66.9 Å². The summed E-state index contributed by atoms with van der Waals surface area (Å²) in [6, 6.07) is 20.3. The highest BCUT2D eigenvalue weighted by atomic mass is 16.5. The Kier molecular flexibility index (Phi) is 4.85. The molecular formula is C22H21N3O2. The standard InChI is InChI=1S/C22H21N3O2/c1-26-12-11-25-20-14-18(16-7-4-3-5-8-16)15-23-21(20)24-22(25)17-9-6-10-19(13-17)27-2/h3-10,13-15H,11-12H2,1-2H3. The van der Waals surface area contributed by atoms with Gasteiger partial charge in [0.15, 0.2) is 5.65 Å². The minimum Gasteiger partial charge on any atom is -0.497 e. The van der Waals surface area contributed by atoms with Crippen molar-refractivity contribution in [3.05, 3.63) is 66.9 Å². The lowest BCUT2D eigenvalue weighted by atomic mass is 10.1. The molecule has 0 N–H and O–H groups in total. The van der Waals surface area contributed by atoms with Crippen LogP contribution in [0.25, 0.3) is 33.7 Å². The molecule has 5 nitrogen and oxygen atoms in total. The normalized spacial score (nSPS) is 11.0. The molecule has 5 heteroatoms. The molecule has 0 aliphatic rings. The Morgan fingerprint density at radius 2 is 1.70 bits per heavy atom. The summed E-state index contributed by atoms with van der Waals surface area (Å²) in [5.41, 5.74) is 4.91. The van der Waals surface area contributed by atoms with Gasteiger partial charge in [-0.05, 0) is 23.8 Å². The number of nitrogens with zero attached hydrogens (tertiary/aromatic N) is 3. The lowest BCUT2D eigenvalue weighted by Gasteiger charge is -2.10. The predicted molar refractivity (Wildman–Crippen MR) is 107 cm³/mol. The summed E-state index contributed by atoms with van der Waals surface area (Å²) in [4.78, 5) is 9.40. The smallest absolute Gasteiger partial charge is 0.178 e. The van der Waals surface area contributed by atoms with Gasteiger partial charge in [-0.25, -0.2) is 9.97 Å².